The highest BCUT2D eigenvalue weighted by Gasteiger charge is 2.40. The average molecular weight is 424 g/mol. The summed E-state index contributed by atoms with van der Waals surface area (Å²) in [5.41, 5.74) is 7.60. The maximum Gasteiger partial charge on any atom is 0.255 e. The van der Waals surface area contributed by atoms with Gasteiger partial charge in [0, 0.05) is 16.8 Å². The van der Waals surface area contributed by atoms with Crippen molar-refractivity contribution in [1.82, 2.24) is 9.88 Å². The molecule has 1 aliphatic carbocycles. The minimum absolute atomic E-state index is 0.235. The Morgan fingerprint density at radius 2 is 1.87 bits per heavy atom. The van der Waals surface area contributed by atoms with Gasteiger partial charge in [-0.1, -0.05) is 35.9 Å². The molecule has 30 heavy (non-hydrogen) atoms. The fourth-order valence-electron chi connectivity index (χ4n) is 4.04. The normalized spacial score (nSPS) is 16.0. The number of nitrogens with zero attached hydrogens (tertiary/aromatic N) is 2. The predicted octanol–water partition coefficient (Wildman–Crippen LogP) is 4.23. The summed E-state index contributed by atoms with van der Waals surface area (Å²) < 4.78 is 14.5. The highest BCUT2D eigenvalue weighted by Crippen LogP contribution is 2.42. The summed E-state index contributed by atoms with van der Waals surface area (Å²) in [5, 5.41) is 0.235. The van der Waals surface area contributed by atoms with E-state index in [0.29, 0.717) is 35.2 Å². The second-order valence-electron chi connectivity index (χ2n) is 7.15. The number of fused-ring (bicyclic) bond motifs is 1. The lowest BCUT2D eigenvalue weighted by atomic mass is 10.0. The van der Waals surface area contributed by atoms with Crippen LogP contribution in [0.25, 0.3) is 0 Å². The molecule has 5 nitrogen and oxygen atoms in total. The van der Waals surface area contributed by atoms with Crippen molar-refractivity contribution < 1.29 is 14.0 Å². The molecule has 2 N–H and O–H groups in total. The monoisotopic (exact) mass is 423 g/mol. The zero-order valence-electron chi connectivity index (χ0n) is 16.0. The first-order valence-corrected chi connectivity index (χ1v) is 9.91. The van der Waals surface area contributed by atoms with Gasteiger partial charge < -0.3 is 10.6 Å². The Balaban J connectivity index is 1.88. The van der Waals surface area contributed by atoms with Gasteiger partial charge in [0.2, 0.25) is 5.91 Å². The van der Waals surface area contributed by atoms with Crippen LogP contribution in [0.15, 0.2) is 66.9 Å². The van der Waals surface area contributed by atoms with Gasteiger partial charge in [0.25, 0.3) is 5.91 Å². The summed E-state index contributed by atoms with van der Waals surface area (Å²) in [5.74, 6) is -1.52. The molecular weight excluding hydrogens is 405 g/mol. The molecule has 2 amide bonds. The number of rotatable bonds is 5. The van der Waals surface area contributed by atoms with E-state index in [1.165, 1.54) is 17.2 Å². The predicted molar refractivity (Wildman–Crippen MR) is 111 cm³/mol. The van der Waals surface area contributed by atoms with E-state index in [-0.39, 0.29) is 10.9 Å². The average Bonchev–Trinajstić information content (AvgIpc) is 3.16. The summed E-state index contributed by atoms with van der Waals surface area (Å²) in [4.78, 5) is 31.8. The largest absolute Gasteiger partial charge is 0.368 e. The van der Waals surface area contributed by atoms with Crippen LogP contribution in [0, 0.1) is 5.82 Å². The standard InChI is InChI=1S/C23H19ClFN3O2/c24-15-12-17-16(18(25)13-15)9-10-20(17)28(23(30)14-6-2-1-3-7-14)21(22(26)29)19-8-4-5-11-27-19/h1-8,11-13,20-21H,9-10H2,(H2,26,29)/t20-,21?/m1/s1. The van der Waals surface area contributed by atoms with E-state index in [9.17, 15) is 14.0 Å². The van der Waals surface area contributed by atoms with Crippen molar-refractivity contribution >= 4 is 23.4 Å². The van der Waals surface area contributed by atoms with Crippen LogP contribution in [0.5, 0.6) is 0 Å². The molecule has 0 fully saturated rings. The molecule has 0 bridgehead atoms. The minimum Gasteiger partial charge on any atom is -0.368 e. The van der Waals surface area contributed by atoms with Crippen molar-refractivity contribution in [3.8, 4) is 0 Å². The van der Waals surface area contributed by atoms with Crippen LogP contribution in [-0.4, -0.2) is 21.7 Å². The number of halogens is 2. The summed E-state index contributed by atoms with van der Waals surface area (Å²) in [7, 11) is 0. The number of pyridine rings is 1. The molecule has 4 rings (SSSR count). The third-order valence-electron chi connectivity index (χ3n) is 5.33. The van der Waals surface area contributed by atoms with Crippen LogP contribution in [0.4, 0.5) is 4.39 Å². The Labute approximate surface area is 178 Å². The molecule has 0 aliphatic heterocycles. The van der Waals surface area contributed by atoms with E-state index >= 15 is 0 Å². The van der Waals surface area contributed by atoms with E-state index in [2.05, 4.69) is 4.98 Å². The number of hydrogen-bond acceptors (Lipinski definition) is 3. The van der Waals surface area contributed by atoms with E-state index in [1.807, 2.05) is 0 Å². The number of amides is 2. The van der Waals surface area contributed by atoms with Gasteiger partial charge in [-0.2, -0.15) is 0 Å². The number of aromatic nitrogens is 1. The summed E-state index contributed by atoms with van der Waals surface area (Å²) in [6, 6.07) is 14.9. The van der Waals surface area contributed by atoms with Gasteiger partial charge >= 0.3 is 0 Å². The lowest BCUT2D eigenvalue weighted by Crippen LogP contribution is -2.43. The molecule has 0 radical (unpaired) electrons. The fraction of sp³-hybridized carbons (Fsp3) is 0.174. The minimum atomic E-state index is -1.11. The Kier molecular flexibility index (Phi) is 5.50. The zero-order valence-corrected chi connectivity index (χ0v) is 16.7. The number of benzene rings is 2. The highest BCUT2D eigenvalue weighted by atomic mass is 35.5. The zero-order chi connectivity index (χ0) is 21.3. The van der Waals surface area contributed by atoms with Gasteiger partial charge in [0.05, 0.1) is 11.7 Å². The van der Waals surface area contributed by atoms with Crippen molar-refractivity contribution in [2.24, 2.45) is 5.73 Å². The Morgan fingerprint density at radius 1 is 1.13 bits per heavy atom. The molecular formula is C23H19ClFN3O2. The third-order valence-corrected chi connectivity index (χ3v) is 5.55. The first kappa shape index (κ1) is 20.0. The van der Waals surface area contributed by atoms with Crippen LogP contribution in [0.2, 0.25) is 5.02 Å². The van der Waals surface area contributed by atoms with Crippen molar-refractivity contribution in [2.75, 3.05) is 0 Å². The topological polar surface area (TPSA) is 76.3 Å². The third kappa shape index (κ3) is 3.66. The lowest BCUT2D eigenvalue weighted by Gasteiger charge is -2.35. The SMILES string of the molecule is NC(=O)C(c1ccccn1)N(C(=O)c1ccccc1)[C@@H]1CCc2c(F)cc(Cl)cc21. The molecule has 2 aromatic carbocycles. The molecule has 0 spiro atoms. The number of nitrogens with two attached hydrogens (primary N) is 1. The number of hydrogen-bond donors (Lipinski definition) is 1. The van der Waals surface area contributed by atoms with Crippen molar-refractivity contribution in [3.63, 3.8) is 0 Å². The number of primary amides is 1. The second-order valence-corrected chi connectivity index (χ2v) is 7.58. The smallest absolute Gasteiger partial charge is 0.255 e. The lowest BCUT2D eigenvalue weighted by molar-refractivity contribution is -0.123. The van der Waals surface area contributed by atoms with Gasteiger partial charge in [0.15, 0.2) is 6.04 Å². The van der Waals surface area contributed by atoms with Crippen molar-refractivity contribution in [3.05, 3.63) is 100 Å². The van der Waals surface area contributed by atoms with E-state index < -0.39 is 23.8 Å². The summed E-state index contributed by atoms with van der Waals surface area (Å²) in [6.45, 7) is 0. The molecule has 1 aliphatic rings. The van der Waals surface area contributed by atoms with Gasteiger partial charge in [-0.25, -0.2) is 4.39 Å². The first-order chi connectivity index (χ1) is 14.5. The highest BCUT2D eigenvalue weighted by molar-refractivity contribution is 6.30. The van der Waals surface area contributed by atoms with Crippen LogP contribution in [0.1, 0.15) is 45.7 Å². The van der Waals surface area contributed by atoms with Gasteiger partial charge in [-0.05, 0) is 60.4 Å². The Bertz CT molecular complexity index is 1090. The van der Waals surface area contributed by atoms with E-state index in [0.717, 1.165) is 0 Å². The summed E-state index contributed by atoms with van der Waals surface area (Å²) >= 11 is 6.11. The molecule has 152 valence electrons. The molecule has 1 unspecified atom stereocenters. The van der Waals surface area contributed by atoms with E-state index in [4.69, 9.17) is 17.3 Å². The number of carbonyl (C=O) groups is 2. The number of carbonyl (C=O) groups excluding carboxylic acids is 2. The van der Waals surface area contributed by atoms with Crippen LogP contribution < -0.4 is 5.73 Å². The second kappa shape index (κ2) is 8.24. The molecule has 3 aromatic rings. The maximum atomic E-state index is 14.5. The van der Waals surface area contributed by atoms with Gasteiger partial charge in [-0.15, -0.1) is 0 Å². The Morgan fingerprint density at radius 3 is 2.53 bits per heavy atom. The van der Waals surface area contributed by atoms with Gasteiger partial charge in [0.1, 0.15) is 5.82 Å². The fourth-order valence-corrected chi connectivity index (χ4v) is 4.25. The van der Waals surface area contributed by atoms with Crippen LogP contribution in [0.3, 0.4) is 0 Å². The quantitative estimate of drug-likeness (QED) is 0.667. The molecule has 1 aromatic heterocycles. The molecule has 0 saturated heterocycles. The van der Waals surface area contributed by atoms with Crippen LogP contribution in [-0.2, 0) is 11.2 Å². The van der Waals surface area contributed by atoms with Crippen LogP contribution >= 0.6 is 11.6 Å². The molecule has 0 saturated carbocycles. The van der Waals surface area contributed by atoms with Crippen molar-refractivity contribution in [1.29, 1.82) is 0 Å². The Hall–Kier alpha value is -3.25. The molecule has 2 atom stereocenters. The summed E-state index contributed by atoms with van der Waals surface area (Å²) in [6.07, 6.45) is 2.41. The van der Waals surface area contributed by atoms with E-state index in [1.54, 1.807) is 54.6 Å². The molecule has 7 heteroatoms. The van der Waals surface area contributed by atoms with Crippen molar-refractivity contribution in [2.45, 2.75) is 24.9 Å². The first-order valence-electron chi connectivity index (χ1n) is 9.53. The maximum absolute atomic E-state index is 14.5. The molecule has 1 heterocycles. The van der Waals surface area contributed by atoms with Gasteiger partial charge in [-0.3, -0.25) is 14.6 Å².